The van der Waals surface area contributed by atoms with Gasteiger partial charge in [-0.15, -0.1) is 0 Å². The number of hydrogen-bond acceptors (Lipinski definition) is 7. The molecule has 3 heterocycles. The van der Waals surface area contributed by atoms with E-state index in [-0.39, 0.29) is 23.4 Å². The lowest BCUT2D eigenvalue weighted by Crippen LogP contribution is -2.20. The predicted molar refractivity (Wildman–Crippen MR) is 116 cm³/mol. The van der Waals surface area contributed by atoms with Crippen LogP contribution >= 0.6 is 11.6 Å². The van der Waals surface area contributed by atoms with E-state index in [4.69, 9.17) is 17.3 Å². The molecule has 0 saturated carbocycles. The van der Waals surface area contributed by atoms with Gasteiger partial charge in [-0.3, -0.25) is 4.79 Å². The van der Waals surface area contributed by atoms with Crippen LogP contribution in [0.15, 0.2) is 30.6 Å². The number of nitrogens with one attached hydrogen (secondary N) is 2. The number of nitrogens with two attached hydrogens (primary N) is 1. The minimum absolute atomic E-state index is 0.00921. The molecule has 0 radical (unpaired) electrons. The quantitative estimate of drug-likeness (QED) is 0.417. The van der Waals surface area contributed by atoms with Gasteiger partial charge in [-0.05, 0) is 32.0 Å². The van der Waals surface area contributed by atoms with E-state index < -0.39 is 5.82 Å². The lowest BCUT2D eigenvalue weighted by Gasteiger charge is -2.09. The molecular formula is C19H19ClFN9O. The number of benzene rings is 1. The van der Waals surface area contributed by atoms with Gasteiger partial charge in [-0.25, -0.2) is 14.1 Å². The fourth-order valence-corrected chi connectivity index (χ4v) is 3.28. The van der Waals surface area contributed by atoms with E-state index in [1.807, 2.05) is 13.8 Å². The molecule has 4 N–H and O–H groups in total. The van der Waals surface area contributed by atoms with Crippen LogP contribution in [0.5, 0.6) is 0 Å². The number of hydrogen-bond donors (Lipinski definition) is 3. The maximum absolute atomic E-state index is 13.4. The van der Waals surface area contributed by atoms with Crippen LogP contribution in [0.25, 0.3) is 11.2 Å². The molecule has 1 amide bonds. The monoisotopic (exact) mass is 443 g/mol. The van der Waals surface area contributed by atoms with Gasteiger partial charge in [-0.2, -0.15) is 15.1 Å². The number of amides is 1. The van der Waals surface area contributed by atoms with E-state index in [0.29, 0.717) is 35.0 Å². The first-order valence-corrected chi connectivity index (χ1v) is 9.76. The minimum Gasteiger partial charge on any atom is -0.368 e. The topological polar surface area (TPSA) is 129 Å². The Morgan fingerprint density at radius 2 is 2.10 bits per heavy atom. The molecule has 10 nitrogen and oxygen atoms in total. The second-order valence-electron chi connectivity index (χ2n) is 6.76. The van der Waals surface area contributed by atoms with Gasteiger partial charge < -0.3 is 20.9 Å². The van der Waals surface area contributed by atoms with E-state index in [9.17, 15) is 9.18 Å². The molecule has 31 heavy (non-hydrogen) atoms. The highest BCUT2D eigenvalue weighted by Gasteiger charge is 2.16. The van der Waals surface area contributed by atoms with Crippen molar-refractivity contribution >= 4 is 51.9 Å². The number of fused-ring (bicyclic) bond motifs is 1. The highest BCUT2D eigenvalue weighted by molar-refractivity contribution is 6.31. The molecule has 0 atom stereocenters. The van der Waals surface area contributed by atoms with Gasteiger partial charge in [0.2, 0.25) is 11.9 Å². The second kappa shape index (κ2) is 8.19. The third-order valence-corrected chi connectivity index (χ3v) is 4.74. The fraction of sp³-hybridized carbons (Fsp3) is 0.211. The van der Waals surface area contributed by atoms with Crippen molar-refractivity contribution in [2.75, 3.05) is 16.4 Å². The molecule has 0 aliphatic heterocycles. The van der Waals surface area contributed by atoms with Crippen molar-refractivity contribution in [3.63, 3.8) is 0 Å². The number of nitrogens with zero attached hydrogens (tertiary/aromatic N) is 6. The average molecular weight is 444 g/mol. The van der Waals surface area contributed by atoms with Gasteiger partial charge in [0.05, 0.1) is 17.0 Å². The number of carbonyl (C=O) groups excluding carboxylic acids is 1. The van der Waals surface area contributed by atoms with Gasteiger partial charge in [0.15, 0.2) is 17.0 Å². The number of aromatic nitrogens is 6. The van der Waals surface area contributed by atoms with Crippen LogP contribution in [0.3, 0.4) is 0 Å². The molecule has 0 unspecified atom stereocenters. The van der Waals surface area contributed by atoms with Gasteiger partial charge >= 0.3 is 0 Å². The molecule has 4 rings (SSSR count). The first-order chi connectivity index (χ1) is 14.8. The zero-order chi connectivity index (χ0) is 22.1. The molecular weight excluding hydrogens is 425 g/mol. The first-order valence-electron chi connectivity index (χ1n) is 9.38. The summed E-state index contributed by atoms with van der Waals surface area (Å²) in [6, 6.07) is 5.96. The number of aryl methyl sites for hydroxylation is 2. The number of anilines is 4. The summed E-state index contributed by atoms with van der Waals surface area (Å²) in [5, 5.41) is 10.1. The maximum atomic E-state index is 13.4. The van der Waals surface area contributed by atoms with Gasteiger partial charge in [0.1, 0.15) is 18.2 Å². The Labute approximate surface area is 181 Å². The van der Waals surface area contributed by atoms with Crippen LogP contribution in [0.1, 0.15) is 12.6 Å². The average Bonchev–Trinajstić information content (AvgIpc) is 3.27. The summed E-state index contributed by atoms with van der Waals surface area (Å²) in [5.74, 6) is 0.105. The summed E-state index contributed by atoms with van der Waals surface area (Å²) in [6.45, 7) is 4.38. The summed E-state index contributed by atoms with van der Waals surface area (Å²) in [5.41, 5.74) is 7.94. The molecule has 12 heteroatoms. The minimum atomic E-state index is -0.533. The van der Waals surface area contributed by atoms with Crippen LogP contribution in [0.2, 0.25) is 5.02 Å². The fourth-order valence-electron chi connectivity index (χ4n) is 3.10. The van der Waals surface area contributed by atoms with Crippen LogP contribution < -0.4 is 16.4 Å². The number of nitrogen functional groups attached to an aromatic ring is 1. The SMILES string of the molecule is CCn1nc(C)cc1NC(=O)Cn1cnc2c(Nc3ccc(F)c(Cl)c3)nc(N)nc21. The normalized spacial score (nSPS) is 11.1. The Morgan fingerprint density at radius 1 is 1.29 bits per heavy atom. The molecule has 0 bridgehead atoms. The molecule has 0 saturated heterocycles. The van der Waals surface area contributed by atoms with Crippen molar-refractivity contribution in [1.82, 2.24) is 29.3 Å². The Balaban J connectivity index is 1.59. The highest BCUT2D eigenvalue weighted by Crippen LogP contribution is 2.26. The smallest absolute Gasteiger partial charge is 0.245 e. The molecule has 4 aromatic rings. The summed E-state index contributed by atoms with van der Waals surface area (Å²) in [7, 11) is 0. The molecule has 0 aliphatic rings. The van der Waals surface area contributed by atoms with E-state index >= 15 is 0 Å². The Morgan fingerprint density at radius 3 is 2.84 bits per heavy atom. The Kier molecular flexibility index (Phi) is 5.42. The van der Waals surface area contributed by atoms with Gasteiger partial charge in [-0.1, -0.05) is 11.6 Å². The van der Waals surface area contributed by atoms with Crippen molar-refractivity contribution in [2.45, 2.75) is 26.9 Å². The van der Waals surface area contributed by atoms with Crippen molar-refractivity contribution in [3.05, 3.63) is 47.1 Å². The molecule has 3 aromatic heterocycles. The number of carbonyl (C=O) groups is 1. The van der Waals surface area contributed by atoms with Crippen molar-refractivity contribution < 1.29 is 9.18 Å². The summed E-state index contributed by atoms with van der Waals surface area (Å²) in [4.78, 5) is 25.3. The van der Waals surface area contributed by atoms with Crippen molar-refractivity contribution in [1.29, 1.82) is 0 Å². The Hall–Kier alpha value is -3.73. The lowest BCUT2D eigenvalue weighted by atomic mass is 10.3. The predicted octanol–water partition coefficient (Wildman–Crippen LogP) is 3.11. The van der Waals surface area contributed by atoms with Crippen LogP contribution in [0.4, 0.5) is 27.7 Å². The van der Waals surface area contributed by atoms with Crippen LogP contribution in [-0.2, 0) is 17.9 Å². The molecule has 0 spiro atoms. The summed E-state index contributed by atoms with van der Waals surface area (Å²) >= 11 is 5.84. The maximum Gasteiger partial charge on any atom is 0.245 e. The Bertz CT molecular complexity index is 1280. The van der Waals surface area contributed by atoms with Gasteiger partial charge in [0.25, 0.3) is 0 Å². The standard InChI is InChI=1S/C19H19ClFN9O/c1-3-30-14(6-10(2)28-30)25-15(31)8-29-9-23-16-17(26-19(22)27-18(16)29)24-11-4-5-13(21)12(20)7-11/h4-7,9H,3,8H2,1-2H3,(H,25,31)(H3,22,24,26,27). The van der Waals surface area contributed by atoms with E-state index in [1.54, 1.807) is 15.3 Å². The van der Waals surface area contributed by atoms with Crippen LogP contribution in [-0.4, -0.2) is 35.2 Å². The third-order valence-electron chi connectivity index (χ3n) is 4.45. The van der Waals surface area contributed by atoms with E-state index in [0.717, 1.165) is 5.69 Å². The highest BCUT2D eigenvalue weighted by atomic mass is 35.5. The van der Waals surface area contributed by atoms with E-state index in [2.05, 4.69) is 30.7 Å². The second-order valence-corrected chi connectivity index (χ2v) is 7.17. The molecule has 0 aliphatic carbocycles. The molecule has 1 aromatic carbocycles. The lowest BCUT2D eigenvalue weighted by molar-refractivity contribution is -0.116. The third kappa shape index (κ3) is 4.26. The number of rotatable bonds is 6. The largest absolute Gasteiger partial charge is 0.368 e. The van der Waals surface area contributed by atoms with Crippen LogP contribution in [0, 0.1) is 12.7 Å². The van der Waals surface area contributed by atoms with Gasteiger partial charge in [0, 0.05) is 18.3 Å². The van der Waals surface area contributed by atoms with E-state index in [1.165, 1.54) is 24.5 Å². The number of imidazole rings is 1. The molecule has 0 fully saturated rings. The van der Waals surface area contributed by atoms with Crippen molar-refractivity contribution in [3.8, 4) is 0 Å². The zero-order valence-corrected chi connectivity index (χ0v) is 17.5. The first kappa shape index (κ1) is 20.5. The summed E-state index contributed by atoms with van der Waals surface area (Å²) < 4.78 is 16.7. The zero-order valence-electron chi connectivity index (χ0n) is 16.7. The molecule has 160 valence electrons. The summed E-state index contributed by atoms with van der Waals surface area (Å²) in [6.07, 6.45) is 1.48. The van der Waals surface area contributed by atoms with Crippen molar-refractivity contribution in [2.24, 2.45) is 0 Å². The number of halogens is 2.